The van der Waals surface area contributed by atoms with E-state index in [9.17, 15) is 4.79 Å². The van der Waals surface area contributed by atoms with Gasteiger partial charge in [-0.15, -0.1) is 0 Å². The quantitative estimate of drug-likeness (QED) is 0.722. The first-order valence-corrected chi connectivity index (χ1v) is 7.45. The lowest BCUT2D eigenvalue weighted by Gasteiger charge is -2.24. The zero-order valence-corrected chi connectivity index (χ0v) is 13.2. The number of carbonyl (C=O) groups excluding carboxylic acids is 1. The van der Waals surface area contributed by atoms with Gasteiger partial charge < -0.3 is 10.4 Å². The first-order valence-electron chi connectivity index (χ1n) is 7.45. The van der Waals surface area contributed by atoms with Gasteiger partial charge in [-0.25, -0.2) is 0 Å². The number of aliphatic hydroxyl groups is 1. The van der Waals surface area contributed by atoms with Gasteiger partial charge >= 0.3 is 0 Å². The molecule has 1 aromatic rings. The largest absolute Gasteiger partial charge is 0.392 e. The van der Waals surface area contributed by atoms with Crippen molar-refractivity contribution in [3.05, 3.63) is 47.5 Å². The van der Waals surface area contributed by atoms with Crippen molar-refractivity contribution in [3.63, 3.8) is 0 Å². The molecule has 0 radical (unpaired) electrons. The number of hydrogen-bond acceptors (Lipinski definition) is 3. The molecule has 0 fully saturated rings. The van der Waals surface area contributed by atoms with E-state index in [1.807, 2.05) is 24.3 Å². The van der Waals surface area contributed by atoms with E-state index in [-0.39, 0.29) is 12.5 Å². The number of aliphatic hydroxyl groups excluding tert-OH is 1. The second-order valence-corrected chi connectivity index (χ2v) is 5.22. The maximum absolute atomic E-state index is 11.9. The summed E-state index contributed by atoms with van der Waals surface area (Å²) in [7, 11) is 0. The fraction of sp³-hybridized carbons (Fsp3) is 0.471. The van der Waals surface area contributed by atoms with Gasteiger partial charge in [0.2, 0.25) is 0 Å². The fourth-order valence-electron chi connectivity index (χ4n) is 2.07. The van der Waals surface area contributed by atoms with E-state index < -0.39 is 0 Å². The van der Waals surface area contributed by atoms with Crippen LogP contribution >= 0.6 is 0 Å². The third-order valence-electron chi connectivity index (χ3n) is 3.39. The molecule has 0 aliphatic carbocycles. The summed E-state index contributed by atoms with van der Waals surface area (Å²) in [6.45, 7) is 8.86. The van der Waals surface area contributed by atoms with Crippen LogP contribution in [0.1, 0.15) is 36.7 Å². The minimum absolute atomic E-state index is 0.00561. The average Bonchev–Trinajstić information content (AvgIpc) is 2.49. The van der Waals surface area contributed by atoms with Crippen LogP contribution in [0, 0.1) is 0 Å². The van der Waals surface area contributed by atoms with E-state index in [0.717, 1.165) is 13.1 Å². The van der Waals surface area contributed by atoms with Gasteiger partial charge in [0.15, 0.2) is 0 Å². The molecule has 1 aromatic carbocycles. The van der Waals surface area contributed by atoms with Gasteiger partial charge in [-0.3, -0.25) is 9.69 Å². The van der Waals surface area contributed by atoms with Gasteiger partial charge in [0.05, 0.1) is 6.61 Å². The Kier molecular flexibility index (Phi) is 7.72. The molecule has 0 unspecified atom stereocenters. The Morgan fingerprint density at radius 1 is 1.29 bits per heavy atom. The van der Waals surface area contributed by atoms with Crippen LogP contribution in [0.4, 0.5) is 0 Å². The highest BCUT2D eigenvalue weighted by Crippen LogP contribution is 2.10. The van der Waals surface area contributed by atoms with E-state index in [2.05, 4.69) is 31.0 Å². The average molecular weight is 290 g/mol. The second-order valence-electron chi connectivity index (χ2n) is 5.22. The van der Waals surface area contributed by atoms with Gasteiger partial charge in [-0.05, 0) is 38.1 Å². The Morgan fingerprint density at radius 3 is 2.48 bits per heavy atom. The molecule has 116 valence electrons. The van der Waals surface area contributed by atoms with Crippen LogP contribution in [-0.2, 0) is 6.54 Å². The molecule has 4 heteroatoms. The number of benzene rings is 1. The molecular weight excluding hydrogens is 264 g/mol. The molecule has 21 heavy (non-hydrogen) atoms. The summed E-state index contributed by atoms with van der Waals surface area (Å²) in [4.78, 5) is 14.3. The third kappa shape index (κ3) is 6.10. The summed E-state index contributed by atoms with van der Waals surface area (Å²) >= 11 is 0. The van der Waals surface area contributed by atoms with E-state index >= 15 is 0 Å². The summed E-state index contributed by atoms with van der Waals surface area (Å²) in [6, 6.07) is 8.23. The smallest absolute Gasteiger partial charge is 0.251 e. The monoisotopic (exact) mass is 290 g/mol. The lowest BCUT2D eigenvalue weighted by atomic mass is 10.1. The molecule has 0 saturated heterocycles. The van der Waals surface area contributed by atoms with Crippen molar-refractivity contribution in [1.29, 1.82) is 0 Å². The highest BCUT2D eigenvalue weighted by molar-refractivity contribution is 5.94. The van der Waals surface area contributed by atoms with Crippen molar-refractivity contribution in [1.82, 2.24) is 10.2 Å². The summed E-state index contributed by atoms with van der Waals surface area (Å²) in [5.41, 5.74) is 1.87. The Balaban J connectivity index is 2.57. The van der Waals surface area contributed by atoms with Crippen LogP contribution in [0.2, 0.25) is 0 Å². The maximum atomic E-state index is 11.9. The lowest BCUT2D eigenvalue weighted by Crippen LogP contribution is -2.30. The molecule has 1 amide bonds. The zero-order valence-electron chi connectivity index (χ0n) is 13.2. The minimum Gasteiger partial charge on any atom is -0.392 e. The third-order valence-corrected chi connectivity index (χ3v) is 3.39. The second kappa shape index (κ2) is 9.32. The molecule has 0 aliphatic rings. The molecule has 0 aliphatic heterocycles. The summed E-state index contributed by atoms with van der Waals surface area (Å²) in [5.74, 6) is -0.0969. The van der Waals surface area contributed by atoms with Crippen molar-refractivity contribution in [2.45, 2.75) is 33.4 Å². The molecule has 0 aromatic heterocycles. The Labute approximate surface area is 127 Å². The number of nitrogens with zero attached hydrogens (tertiary/aromatic N) is 1. The van der Waals surface area contributed by atoms with Crippen molar-refractivity contribution < 1.29 is 9.90 Å². The number of hydrogen-bond donors (Lipinski definition) is 2. The topological polar surface area (TPSA) is 52.6 Å². The molecule has 0 saturated carbocycles. The molecular formula is C17H26N2O2. The first-order chi connectivity index (χ1) is 10.1. The number of amides is 1. The predicted molar refractivity (Wildman–Crippen MR) is 86.2 cm³/mol. The van der Waals surface area contributed by atoms with Crippen LogP contribution < -0.4 is 5.32 Å². The molecule has 1 rings (SSSR count). The molecule has 2 N–H and O–H groups in total. The summed E-state index contributed by atoms with van der Waals surface area (Å²) in [5, 5.41) is 11.4. The van der Waals surface area contributed by atoms with Crippen molar-refractivity contribution in [2.24, 2.45) is 0 Å². The highest BCUT2D eigenvalue weighted by Gasteiger charge is 2.08. The van der Waals surface area contributed by atoms with E-state index in [1.54, 1.807) is 12.2 Å². The Bertz CT molecular complexity index is 452. The standard InChI is InChI=1S/C17H26N2O2/c1-4-19(14(2)3)13-15-7-9-16(10-8-15)17(21)18-11-5-6-12-20/h5-10,14,20H,4,11-13H2,1-3H3,(H,18,21). The van der Waals surface area contributed by atoms with E-state index in [0.29, 0.717) is 18.2 Å². The van der Waals surface area contributed by atoms with Crippen molar-refractivity contribution in [2.75, 3.05) is 19.7 Å². The minimum atomic E-state index is -0.0969. The summed E-state index contributed by atoms with van der Waals surface area (Å²) in [6.07, 6.45) is 3.34. The molecule has 0 spiro atoms. The van der Waals surface area contributed by atoms with Crippen LogP contribution in [-0.4, -0.2) is 41.7 Å². The fourth-order valence-corrected chi connectivity index (χ4v) is 2.07. The van der Waals surface area contributed by atoms with E-state index in [1.165, 1.54) is 5.56 Å². The maximum Gasteiger partial charge on any atom is 0.251 e. The van der Waals surface area contributed by atoms with Crippen LogP contribution in [0.15, 0.2) is 36.4 Å². The van der Waals surface area contributed by atoms with Gasteiger partial charge in [-0.2, -0.15) is 0 Å². The number of nitrogens with one attached hydrogen (secondary N) is 1. The molecule has 0 atom stereocenters. The number of rotatable bonds is 8. The van der Waals surface area contributed by atoms with Gasteiger partial charge in [0.25, 0.3) is 5.91 Å². The Morgan fingerprint density at radius 2 is 1.95 bits per heavy atom. The Hall–Kier alpha value is -1.65. The molecule has 4 nitrogen and oxygen atoms in total. The SMILES string of the molecule is CCN(Cc1ccc(C(=O)NCC=CCO)cc1)C(C)C. The van der Waals surface area contributed by atoms with Gasteiger partial charge in [-0.1, -0.05) is 31.2 Å². The molecule has 0 heterocycles. The van der Waals surface area contributed by atoms with Gasteiger partial charge in [0.1, 0.15) is 0 Å². The van der Waals surface area contributed by atoms with Gasteiger partial charge in [0, 0.05) is 24.7 Å². The van der Waals surface area contributed by atoms with E-state index in [4.69, 9.17) is 5.11 Å². The summed E-state index contributed by atoms with van der Waals surface area (Å²) < 4.78 is 0. The number of carbonyl (C=O) groups is 1. The van der Waals surface area contributed by atoms with Crippen LogP contribution in [0.5, 0.6) is 0 Å². The zero-order chi connectivity index (χ0) is 15.7. The highest BCUT2D eigenvalue weighted by atomic mass is 16.2. The molecule has 0 bridgehead atoms. The van der Waals surface area contributed by atoms with Crippen molar-refractivity contribution >= 4 is 5.91 Å². The predicted octanol–water partition coefficient (Wildman–Crippen LogP) is 2.20. The lowest BCUT2D eigenvalue weighted by molar-refractivity contribution is 0.0958. The first kappa shape index (κ1) is 17.4. The van der Waals surface area contributed by atoms with Crippen LogP contribution in [0.3, 0.4) is 0 Å². The normalized spacial score (nSPS) is 11.5. The van der Waals surface area contributed by atoms with Crippen molar-refractivity contribution in [3.8, 4) is 0 Å². The van der Waals surface area contributed by atoms with Crippen LogP contribution in [0.25, 0.3) is 0 Å².